The predicted octanol–water partition coefficient (Wildman–Crippen LogP) is 4.06. The van der Waals surface area contributed by atoms with Gasteiger partial charge in [-0.05, 0) is 31.4 Å². The van der Waals surface area contributed by atoms with E-state index >= 15 is 0 Å². The van der Waals surface area contributed by atoms with Gasteiger partial charge in [-0.2, -0.15) is 0 Å². The molecule has 1 nitrogen and oxygen atoms in total. The average molecular weight is 242 g/mol. The van der Waals surface area contributed by atoms with Gasteiger partial charge in [0.1, 0.15) is 11.6 Å². The average Bonchev–Trinajstić information content (AvgIpc) is 2.24. The zero-order valence-electron chi connectivity index (χ0n) is 10.7. The normalized spacial score (nSPS) is 11.9. The monoisotopic (exact) mass is 242 g/mol. The third-order valence-electron chi connectivity index (χ3n) is 3.08. The fourth-order valence-corrected chi connectivity index (χ4v) is 2.29. The third-order valence-corrected chi connectivity index (χ3v) is 3.08. The molecule has 0 aromatic heterocycles. The van der Waals surface area contributed by atoms with Crippen LogP contribution in [0.15, 0.2) is 12.1 Å². The van der Waals surface area contributed by atoms with Gasteiger partial charge in [0, 0.05) is 0 Å². The SMILES string of the molecule is CCCC(O)(CCC)c1c(F)ccc(C)c1F. The molecule has 1 aromatic rings. The van der Waals surface area contributed by atoms with Crippen LogP contribution in [0.2, 0.25) is 0 Å². The van der Waals surface area contributed by atoms with E-state index in [1.54, 1.807) is 6.92 Å². The van der Waals surface area contributed by atoms with E-state index < -0.39 is 17.2 Å². The minimum atomic E-state index is -1.39. The van der Waals surface area contributed by atoms with Crippen molar-refractivity contribution in [3.8, 4) is 0 Å². The van der Waals surface area contributed by atoms with E-state index in [2.05, 4.69) is 0 Å². The van der Waals surface area contributed by atoms with E-state index in [-0.39, 0.29) is 5.56 Å². The summed E-state index contributed by atoms with van der Waals surface area (Å²) in [5.74, 6) is -1.27. The van der Waals surface area contributed by atoms with Gasteiger partial charge in [0.25, 0.3) is 0 Å². The number of rotatable bonds is 5. The summed E-state index contributed by atoms with van der Waals surface area (Å²) in [6, 6.07) is 2.62. The summed E-state index contributed by atoms with van der Waals surface area (Å²) in [4.78, 5) is 0. The summed E-state index contributed by atoms with van der Waals surface area (Å²) in [7, 11) is 0. The molecule has 0 spiro atoms. The van der Waals surface area contributed by atoms with Crippen molar-refractivity contribution in [2.24, 2.45) is 0 Å². The molecule has 0 saturated carbocycles. The molecule has 0 amide bonds. The first-order valence-corrected chi connectivity index (χ1v) is 6.13. The van der Waals surface area contributed by atoms with Crippen molar-refractivity contribution >= 4 is 0 Å². The Morgan fingerprint density at radius 3 is 2.12 bits per heavy atom. The highest BCUT2D eigenvalue weighted by Crippen LogP contribution is 2.35. The maximum Gasteiger partial charge on any atom is 0.135 e. The Balaban J connectivity index is 3.31. The van der Waals surface area contributed by atoms with Crippen molar-refractivity contribution in [2.75, 3.05) is 0 Å². The molecule has 0 radical (unpaired) electrons. The lowest BCUT2D eigenvalue weighted by atomic mass is 9.84. The van der Waals surface area contributed by atoms with Crippen LogP contribution in [0.5, 0.6) is 0 Å². The zero-order valence-corrected chi connectivity index (χ0v) is 10.7. The lowest BCUT2D eigenvalue weighted by Crippen LogP contribution is -2.28. The van der Waals surface area contributed by atoms with E-state index in [1.165, 1.54) is 12.1 Å². The van der Waals surface area contributed by atoms with Crippen molar-refractivity contribution in [1.82, 2.24) is 0 Å². The van der Waals surface area contributed by atoms with Gasteiger partial charge in [-0.3, -0.25) is 0 Å². The van der Waals surface area contributed by atoms with Gasteiger partial charge in [-0.25, -0.2) is 8.78 Å². The summed E-state index contributed by atoms with van der Waals surface area (Å²) in [5, 5.41) is 10.5. The molecular weight excluding hydrogens is 222 g/mol. The highest BCUT2D eigenvalue weighted by Gasteiger charge is 2.33. The maximum atomic E-state index is 14.0. The fraction of sp³-hybridized carbons (Fsp3) is 0.571. The quantitative estimate of drug-likeness (QED) is 0.825. The molecule has 0 unspecified atom stereocenters. The minimum Gasteiger partial charge on any atom is -0.385 e. The van der Waals surface area contributed by atoms with Crippen LogP contribution in [0.4, 0.5) is 8.78 Å². The van der Waals surface area contributed by atoms with E-state index in [0.29, 0.717) is 31.2 Å². The van der Waals surface area contributed by atoms with Crippen LogP contribution in [0.25, 0.3) is 0 Å². The molecule has 0 aliphatic carbocycles. The molecule has 0 heterocycles. The van der Waals surface area contributed by atoms with Crippen LogP contribution in [-0.2, 0) is 5.60 Å². The van der Waals surface area contributed by atoms with Gasteiger partial charge >= 0.3 is 0 Å². The Labute approximate surface area is 101 Å². The van der Waals surface area contributed by atoms with Gasteiger partial charge < -0.3 is 5.11 Å². The smallest absolute Gasteiger partial charge is 0.135 e. The van der Waals surface area contributed by atoms with Crippen LogP contribution in [-0.4, -0.2) is 5.11 Å². The summed E-state index contributed by atoms with van der Waals surface area (Å²) in [6.07, 6.45) is 2.11. The van der Waals surface area contributed by atoms with Crippen LogP contribution < -0.4 is 0 Å². The van der Waals surface area contributed by atoms with Gasteiger partial charge in [0.05, 0.1) is 11.2 Å². The van der Waals surface area contributed by atoms with Crippen molar-refractivity contribution < 1.29 is 13.9 Å². The Morgan fingerprint density at radius 2 is 1.65 bits per heavy atom. The van der Waals surface area contributed by atoms with Crippen molar-refractivity contribution in [3.05, 3.63) is 34.9 Å². The zero-order chi connectivity index (χ0) is 13.1. The number of aliphatic hydroxyl groups is 1. The molecule has 96 valence electrons. The second-order valence-electron chi connectivity index (χ2n) is 4.58. The van der Waals surface area contributed by atoms with E-state index in [9.17, 15) is 13.9 Å². The first-order valence-electron chi connectivity index (χ1n) is 6.13. The number of hydrogen-bond donors (Lipinski definition) is 1. The minimum absolute atomic E-state index is 0.166. The molecule has 0 aliphatic heterocycles. The summed E-state index contributed by atoms with van der Waals surface area (Å²) >= 11 is 0. The molecule has 0 saturated heterocycles. The topological polar surface area (TPSA) is 20.2 Å². The highest BCUT2D eigenvalue weighted by molar-refractivity contribution is 5.31. The van der Waals surface area contributed by atoms with Gasteiger partial charge in [0.15, 0.2) is 0 Å². The van der Waals surface area contributed by atoms with Gasteiger partial charge in [-0.1, -0.05) is 32.8 Å². The summed E-state index contributed by atoms with van der Waals surface area (Å²) in [6.45, 7) is 5.37. The second kappa shape index (κ2) is 5.58. The molecule has 0 fully saturated rings. The van der Waals surface area contributed by atoms with E-state index in [4.69, 9.17) is 0 Å². The molecule has 0 atom stereocenters. The summed E-state index contributed by atoms with van der Waals surface area (Å²) in [5.41, 5.74) is -1.18. The molecule has 3 heteroatoms. The fourth-order valence-electron chi connectivity index (χ4n) is 2.29. The van der Waals surface area contributed by atoms with E-state index in [0.717, 1.165) is 0 Å². The third kappa shape index (κ3) is 2.83. The first kappa shape index (κ1) is 14.1. The molecule has 17 heavy (non-hydrogen) atoms. The molecular formula is C14H20F2O. The highest BCUT2D eigenvalue weighted by atomic mass is 19.1. The summed E-state index contributed by atoms with van der Waals surface area (Å²) < 4.78 is 27.8. The van der Waals surface area contributed by atoms with Crippen LogP contribution >= 0.6 is 0 Å². The maximum absolute atomic E-state index is 14.0. The van der Waals surface area contributed by atoms with Gasteiger partial charge in [-0.15, -0.1) is 0 Å². The Morgan fingerprint density at radius 1 is 1.12 bits per heavy atom. The van der Waals surface area contributed by atoms with Crippen molar-refractivity contribution in [3.63, 3.8) is 0 Å². The number of benzene rings is 1. The standard InChI is InChI=1S/C14H20F2O/c1-4-8-14(17,9-5-2)12-11(15)7-6-10(3)13(12)16/h6-7,17H,4-5,8-9H2,1-3H3. The number of halogens is 2. The van der Waals surface area contributed by atoms with Crippen LogP contribution in [0.1, 0.15) is 50.7 Å². The molecule has 1 aromatic carbocycles. The Hall–Kier alpha value is -0.960. The van der Waals surface area contributed by atoms with Crippen molar-refractivity contribution in [1.29, 1.82) is 0 Å². The second-order valence-corrected chi connectivity index (χ2v) is 4.58. The lowest BCUT2D eigenvalue weighted by Gasteiger charge is -2.29. The molecule has 0 bridgehead atoms. The number of aryl methyl sites for hydroxylation is 1. The van der Waals surface area contributed by atoms with Crippen LogP contribution in [0.3, 0.4) is 0 Å². The largest absolute Gasteiger partial charge is 0.385 e. The van der Waals surface area contributed by atoms with Crippen molar-refractivity contribution in [2.45, 2.75) is 52.1 Å². The van der Waals surface area contributed by atoms with E-state index in [1.807, 2.05) is 13.8 Å². The Kier molecular flexibility index (Phi) is 4.63. The number of hydrogen-bond acceptors (Lipinski definition) is 1. The van der Waals surface area contributed by atoms with Gasteiger partial charge in [0.2, 0.25) is 0 Å². The predicted molar refractivity (Wildman–Crippen MR) is 64.8 cm³/mol. The lowest BCUT2D eigenvalue weighted by molar-refractivity contribution is 0.00993. The molecule has 0 aliphatic rings. The van der Waals surface area contributed by atoms with Crippen LogP contribution in [0, 0.1) is 18.6 Å². The molecule has 1 N–H and O–H groups in total. The molecule has 1 rings (SSSR count). The first-order chi connectivity index (χ1) is 7.96. The Bertz CT molecular complexity index is 382.